The van der Waals surface area contributed by atoms with Crippen LogP contribution in [0, 0.1) is 22.7 Å². The maximum Gasteiger partial charge on any atom is 0.219 e. The van der Waals surface area contributed by atoms with E-state index in [1.54, 1.807) is 13.1 Å². The molecule has 0 atom stereocenters. The van der Waals surface area contributed by atoms with E-state index in [9.17, 15) is 15.3 Å². The molecule has 12 heteroatoms. The molecule has 0 spiro atoms. The van der Waals surface area contributed by atoms with Gasteiger partial charge >= 0.3 is 0 Å². The van der Waals surface area contributed by atoms with Crippen molar-refractivity contribution in [3.05, 3.63) is 23.5 Å². The first-order valence-corrected chi connectivity index (χ1v) is 13.2. The monoisotopic (exact) mass is 505 g/mol. The molecule has 2 aliphatic carbocycles. The van der Waals surface area contributed by atoms with Crippen molar-refractivity contribution in [2.24, 2.45) is 0 Å². The first-order valence-electron chi connectivity index (χ1n) is 11.6. The maximum atomic E-state index is 11.8. The average molecular weight is 506 g/mol. The van der Waals surface area contributed by atoms with Gasteiger partial charge in [-0.05, 0) is 43.7 Å². The molecule has 0 unspecified atom stereocenters. The summed E-state index contributed by atoms with van der Waals surface area (Å²) in [6.45, 7) is 4.37. The summed E-state index contributed by atoms with van der Waals surface area (Å²) >= 11 is 2.91. The van der Waals surface area contributed by atoms with Crippen molar-refractivity contribution in [3.63, 3.8) is 0 Å². The highest BCUT2D eigenvalue weighted by molar-refractivity contribution is 7.97. The van der Waals surface area contributed by atoms with Crippen LogP contribution < -0.4 is 9.62 Å². The van der Waals surface area contributed by atoms with E-state index in [1.165, 1.54) is 23.3 Å². The van der Waals surface area contributed by atoms with E-state index in [1.807, 2.05) is 15.5 Å². The molecule has 3 aliphatic rings. The van der Waals surface area contributed by atoms with Gasteiger partial charge in [0.15, 0.2) is 10.7 Å². The molecule has 1 aliphatic heterocycles. The minimum Gasteiger partial charge on any atom is -0.365 e. The number of rotatable bonds is 6. The van der Waals surface area contributed by atoms with Crippen molar-refractivity contribution in [2.45, 2.75) is 48.5 Å². The number of pyridine rings is 1. The molecule has 3 aromatic heterocycles. The highest BCUT2D eigenvalue weighted by atomic mass is 32.2. The van der Waals surface area contributed by atoms with Crippen LogP contribution in [-0.2, 0) is 10.2 Å². The highest BCUT2D eigenvalue weighted by Crippen LogP contribution is 2.49. The van der Waals surface area contributed by atoms with Crippen LogP contribution in [0.3, 0.4) is 0 Å². The lowest BCUT2D eigenvalue weighted by molar-refractivity contribution is -0.129. The Hall–Kier alpha value is -3.19. The van der Waals surface area contributed by atoms with Gasteiger partial charge in [0.1, 0.15) is 21.7 Å². The Balaban J connectivity index is 1.37. The molecule has 10 nitrogen and oxygen atoms in total. The van der Waals surface area contributed by atoms with Gasteiger partial charge in [-0.15, -0.1) is 10.2 Å². The lowest BCUT2D eigenvalue weighted by atomic mass is 10.1. The number of carbonyl (C=O) groups is 1. The predicted octanol–water partition coefficient (Wildman–Crippen LogP) is 2.73. The second-order valence-electron chi connectivity index (χ2n) is 9.40. The molecule has 3 fully saturated rings. The Labute approximate surface area is 210 Å². The average Bonchev–Trinajstić information content (AvgIpc) is 3.76. The number of anilines is 1. The summed E-state index contributed by atoms with van der Waals surface area (Å²) in [4.78, 5) is 21.6. The normalized spacial score (nSPS) is 19.9. The maximum absolute atomic E-state index is 11.8. The van der Waals surface area contributed by atoms with Crippen molar-refractivity contribution < 1.29 is 4.79 Å². The fourth-order valence-electron chi connectivity index (χ4n) is 4.29. The third-order valence-corrected chi connectivity index (χ3v) is 9.07. The largest absolute Gasteiger partial charge is 0.365 e. The predicted molar refractivity (Wildman–Crippen MR) is 132 cm³/mol. The lowest BCUT2D eigenvalue weighted by Crippen LogP contribution is -2.48. The van der Waals surface area contributed by atoms with Gasteiger partial charge in [0.05, 0.1) is 24.0 Å². The van der Waals surface area contributed by atoms with Crippen molar-refractivity contribution in [1.82, 2.24) is 29.2 Å². The Morgan fingerprint density at radius 3 is 2.54 bits per heavy atom. The molecule has 178 valence electrons. The molecule has 1 amide bonds. The first-order chi connectivity index (χ1) is 17.0. The van der Waals surface area contributed by atoms with Gasteiger partial charge in [-0.3, -0.25) is 9.20 Å². The molecular weight excluding hydrogens is 482 g/mol. The highest BCUT2D eigenvalue weighted by Gasteiger charge is 2.48. The fraction of sp³-hybridized carbons (Fsp3) is 0.478. The van der Waals surface area contributed by atoms with E-state index >= 15 is 0 Å². The van der Waals surface area contributed by atoms with Crippen LogP contribution in [0.25, 0.3) is 16.3 Å². The number of nitrogens with one attached hydrogen (secondary N) is 1. The van der Waals surface area contributed by atoms with Gasteiger partial charge < -0.3 is 9.80 Å². The Kier molecular flexibility index (Phi) is 5.22. The summed E-state index contributed by atoms with van der Waals surface area (Å²) in [5.74, 6) is 0.0931. The summed E-state index contributed by atoms with van der Waals surface area (Å²) in [5, 5.41) is 29.3. The quantitative estimate of drug-likeness (QED) is 0.503. The van der Waals surface area contributed by atoms with Crippen LogP contribution in [0.2, 0.25) is 0 Å². The second kappa shape index (κ2) is 8.19. The number of carbonyl (C=O) groups excluding carboxylic acids is 1. The fourth-order valence-corrected chi connectivity index (χ4v) is 6.23. The van der Waals surface area contributed by atoms with E-state index in [2.05, 4.69) is 38.0 Å². The molecule has 1 N–H and O–H groups in total. The number of piperazine rings is 1. The van der Waals surface area contributed by atoms with E-state index in [0.717, 1.165) is 70.7 Å². The number of aromatic nitrogens is 4. The molecule has 2 saturated carbocycles. The van der Waals surface area contributed by atoms with Gasteiger partial charge in [-0.1, -0.05) is 11.3 Å². The van der Waals surface area contributed by atoms with E-state index in [0.29, 0.717) is 13.1 Å². The number of fused-ring (bicyclic) bond motifs is 1. The molecular formula is C23H23N9OS2. The summed E-state index contributed by atoms with van der Waals surface area (Å²) in [5.41, 5.74) is 1.69. The molecule has 1 saturated heterocycles. The molecule has 0 radical (unpaired) electrons. The van der Waals surface area contributed by atoms with Crippen LogP contribution in [0.4, 0.5) is 5.69 Å². The van der Waals surface area contributed by atoms with Crippen molar-refractivity contribution in [1.29, 1.82) is 10.5 Å². The molecule has 6 rings (SSSR count). The number of hydrogen-bond donors (Lipinski definition) is 1. The molecule has 35 heavy (non-hydrogen) atoms. The van der Waals surface area contributed by atoms with Crippen LogP contribution in [0.1, 0.15) is 37.6 Å². The van der Waals surface area contributed by atoms with Crippen LogP contribution in [-0.4, -0.2) is 62.1 Å². The molecule has 4 heterocycles. The zero-order valence-corrected chi connectivity index (χ0v) is 20.8. The number of nitrogens with zero attached hydrogens (tertiary/aromatic N) is 8. The van der Waals surface area contributed by atoms with E-state index < -0.39 is 11.0 Å². The van der Waals surface area contributed by atoms with Gasteiger partial charge in [-0.2, -0.15) is 10.5 Å². The molecule has 0 aromatic carbocycles. The topological polar surface area (TPSA) is 126 Å². The number of nitriles is 2. The third kappa shape index (κ3) is 3.92. The Morgan fingerprint density at radius 1 is 1.14 bits per heavy atom. The smallest absolute Gasteiger partial charge is 0.219 e. The minimum absolute atomic E-state index is 0.0931. The SMILES string of the molecule is CC(=O)N1CCN(c2cc(SNC3(C#N)CC3)cn3c(-c4nnc(C5(C#N)CC5)s4)cnc23)CC1. The van der Waals surface area contributed by atoms with Gasteiger partial charge in [-0.25, -0.2) is 9.71 Å². The van der Waals surface area contributed by atoms with Crippen molar-refractivity contribution in [3.8, 4) is 22.8 Å². The number of amides is 1. The van der Waals surface area contributed by atoms with Crippen LogP contribution in [0.5, 0.6) is 0 Å². The first kappa shape index (κ1) is 22.3. The van der Waals surface area contributed by atoms with Gasteiger partial charge in [0.25, 0.3) is 0 Å². The van der Waals surface area contributed by atoms with E-state index in [-0.39, 0.29) is 5.91 Å². The Bertz CT molecular complexity index is 1400. The zero-order chi connectivity index (χ0) is 24.2. The second-order valence-corrected chi connectivity index (χ2v) is 11.3. The lowest BCUT2D eigenvalue weighted by Gasteiger charge is -2.35. The number of hydrogen-bond acceptors (Lipinski definition) is 10. The van der Waals surface area contributed by atoms with Gasteiger partial charge in [0.2, 0.25) is 5.91 Å². The summed E-state index contributed by atoms with van der Waals surface area (Å²) in [7, 11) is 0. The molecule has 3 aromatic rings. The molecule has 0 bridgehead atoms. The van der Waals surface area contributed by atoms with Crippen LogP contribution in [0.15, 0.2) is 23.4 Å². The van der Waals surface area contributed by atoms with Crippen LogP contribution >= 0.6 is 23.3 Å². The third-order valence-electron chi connectivity index (χ3n) is 6.97. The van der Waals surface area contributed by atoms with Crippen molar-refractivity contribution >= 4 is 40.5 Å². The van der Waals surface area contributed by atoms with Crippen molar-refractivity contribution in [2.75, 3.05) is 31.1 Å². The number of imidazole rings is 1. The standard InChI is InChI=1S/C23H23N9OS2/c1-15(33)30-6-8-31(9-7-30)17-10-16(35-29-23(14-25)4-5-23)12-32-18(11-26-19(17)32)20-27-28-21(34-20)22(13-24)2-3-22/h10-12,29H,2-9H2,1H3. The zero-order valence-electron chi connectivity index (χ0n) is 19.2. The van der Waals surface area contributed by atoms with Gasteiger partial charge in [0, 0.05) is 44.2 Å². The summed E-state index contributed by atoms with van der Waals surface area (Å²) in [6, 6.07) is 6.86. The minimum atomic E-state index is -0.473. The summed E-state index contributed by atoms with van der Waals surface area (Å²) < 4.78 is 5.36. The Morgan fingerprint density at radius 2 is 1.91 bits per heavy atom. The van der Waals surface area contributed by atoms with E-state index in [4.69, 9.17) is 4.98 Å². The summed E-state index contributed by atoms with van der Waals surface area (Å²) in [6.07, 6.45) is 7.17.